The highest BCUT2D eigenvalue weighted by molar-refractivity contribution is 8.08. The van der Waals surface area contributed by atoms with E-state index in [4.69, 9.17) is 10.5 Å². The lowest BCUT2D eigenvalue weighted by Crippen LogP contribution is -2.36. The van der Waals surface area contributed by atoms with Crippen LogP contribution in [0.5, 0.6) is 0 Å². The van der Waals surface area contributed by atoms with Crippen molar-refractivity contribution >= 4 is 23.8 Å². The lowest BCUT2D eigenvalue weighted by Gasteiger charge is -2.19. The van der Waals surface area contributed by atoms with Crippen LogP contribution in [0.4, 0.5) is 4.79 Å². The predicted molar refractivity (Wildman–Crippen MR) is 101 cm³/mol. The van der Waals surface area contributed by atoms with E-state index in [9.17, 15) is 9.59 Å². The van der Waals surface area contributed by atoms with Gasteiger partial charge >= 0.3 is 6.09 Å². The van der Waals surface area contributed by atoms with Gasteiger partial charge in [-0.25, -0.2) is 4.79 Å². The number of aryl methyl sites for hydroxylation is 2. The number of hydrogen-bond donors (Lipinski definition) is 2. The van der Waals surface area contributed by atoms with Crippen molar-refractivity contribution in [1.82, 2.24) is 5.32 Å². The summed E-state index contributed by atoms with van der Waals surface area (Å²) in [5.41, 5.74) is 7.18. The minimum absolute atomic E-state index is 0.220. The molecule has 0 radical (unpaired) electrons. The summed E-state index contributed by atoms with van der Waals surface area (Å²) in [6.45, 7) is 13.5. The van der Waals surface area contributed by atoms with Gasteiger partial charge in [-0.15, -0.1) is 11.8 Å². The molecule has 2 rings (SSSR count). The van der Waals surface area contributed by atoms with Crippen molar-refractivity contribution in [2.24, 2.45) is 5.73 Å². The van der Waals surface area contributed by atoms with Gasteiger partial charge in [-0.2, -0.15) is 0 Å². The number of amides is 2. The summed E-state index contributed by atoms with van der Waals surface area (Å²) in [6.07, 6.45) is -0.515. The third kappa shape index (κ3) is 10.2. The lowest BCUT2D eigenvalue weighted by molar-refractivity contribution is -0.117. The maximum Gasteiger partial charge on any atom is 0.408 e. The van der Waals surface area contributed by atoms with Crippen LogP contribution in [0.1, 0.15) is 45.7 Å². The molecule has 0 saturated carbocycles. The molecule has 0 aromatic heterocycles. The maximum atomic E-state index is 11.2. The monoisotopic (exact) mass is 354 g/mol. The molecular weight excluding hydrogens is 324 g/mol. The van der Waals surface area contributed by atoms with E-state index in [0.29, 0.717) is 0 Å². The van der Waals surface area contributed by atoms with Gasteiger partial charge in [-0.1, -0.05) is 49.2 Å². The Morgan fingerprint density at radius 3 is 1.79 bits per heavy atom. The number of carbonyl (C=O) groups excluding carboxylic acids is 2. The molecule has 0 aliphatic carbocycles. The van der Waals surface area contributed by atoms with Gasteiger partial charge in [0.2, 0.25) is 5.91 Å². The number of benzene rings is 1. The predicted octanol–water partition coefficient (Wildman–Crippen LogP) is 3.77. The van der Waals surface area contributed by atoms with Crippen LogP contribution in [0.15, 0.2) is 24.3 Å². The number of thioether (sulfide) groups is 1. The quantitative estimate of drug-likeness (QED) is 0.792. The van der Waals surface area contributed by atoms with E-state index in [1.807, 2.05) is 13.8 Å². The highest BCUT2D eigenvalue weighted by Gasteiger charge is 2.44. The summed E-state index contributed by atoms with van der Waals surface area (Å²) in [4.78, 5) is 21.8. The van der Waals surface area contributed by atoms with Gasteiger partial charge in [0.25, 0.3) is 0 Å². The first-order chi connectivity index (χ1) is 11.1. The zero-order valence-corrected chi connectivity index (χ0v) is 16.5. The van der Waals surface area contributed by atoms with Crippen LogP contribution >= 0.6 is 11.8 Å². The van der Waals surface area contributed by atoms with Gasteiger partial charge in [0.15, 0.2) is 0 Å². The Balaban J connectivity index is 0.000000447. The molecule has 1 saturated heterocycles. The van der Waals surface area contributed by atoms with Gasteiger partial charge in [0.1, 0.15) is 10.9 Å². The standard InChI is InChI=1S/C8H14N2O3S.C8H10.C2H6/c1-8(2,3)13-7(12)10-6-4(14-6)5(9)11;1-7-3-5-8(2)6-4-7;1-2/h4,6H,1-3H3,(H2,9,11)(H,10,12);3-6H,1-2H3;1-2H3. The van der Waals surface area contributed by atoms with Gasteiger partial charge in [-0.05, 0) is 34.6 Å². The molecule has 2 atom stereocenters. The fourth-order valence-corrected chi connectivity index (χ4v) is 2.22. The molecule has 5 nitrogen and oxygen atoms in total. The number of nitrogens with one attached hydrogen (secondary N) is 1. The molecule has 136 valence electrons. The average Bonchev–Trinajstić information content (AvgIpc) is 3.22. The largest absolute Gasteiger partial charge is 0.444 e. The molecule has 2 unspecified atom stereocenters. The highest BCUT2D eigenvalue weighted by atomic mass is 32.2. The molecule has 0 spiro atoms. The fourth-order valence-electron chi connectivity index (χ4n) is 1.50. The van der Waals surface area contributed by atoms with E-state index in [0.717, 1.165) is 0 Å². The van der Waals surface area contributed by atoms with Crippen molar-refractivity contribution in [1.29, 1.82) is 0 Å². The van der Waals surface area contributed by atoms with Crippen LogP contribution in [0.25, 0.3) is 0 Å². The van der Waals surface area contributed by atoms with Crippen LogP contribution in [-0.4, -0.2) is 28.2 Å². The Kier molecular flexibility index (Phi) is 9.51. The minimum atomic E-state index is -0.522. The van der Waals surface area contributed by atoms with E-state index in [-0.39, 0.29) is 10.6 Å². The first-order valence-electron chi connectivity index (χ1n) is 8.06. The van der Waals surface area contributed by atoms with E-state index >= 15 is 0 Å². The summed E-state index contributed by atoms with van der Waals surface area (Å²) < 4.78 is 5.00. The van der Waals surface area contributed by atoms with Crippen molar-refractivity contribution in [3.63, 3.8) is 0 Å². The van der Waals surface area contributed by atoms with E-state index < -0.39 is 17.6 Å². The van der Waals surface area contributed by atoms with Crippen LogP contribution in [0, 0.1) is 13.8 Å². The average molecular weight is 355 g/mol. The molecule has 6 heteroatoms. The van der Waals surface area contributed by atoms with Crippen LogP contribution in [0.3, 0.4) is 0 Å². The Bertz CT molecular complexity index is 503. The summed E-state index contributed by atoms with van der Waals surface area (Å²) in [7, 11) is 0. The maximum absolute atomic E-state index is 11.2. The normalized spacial score (nSPS) is 18.1. The van der Waals surface area contributed by atoms with Crippen molar-refractivity contribution < 1.29 is 14.3 Å². The first-order valence-corrected chi connectivity index (χ1v) is 9.00. The Hall–Kier alpha value is -1.69. The number of rotatable bonds is 2. The second-order valence-corrected chi connectivity index (χ2v) is 7.47. The zero-order valence-electron chi connectivity index (χ0n) is 15.7. The van der Waals surface area contributed by atoms with Crippen LogP contribution in [0.2, 0.25) is 0 Å². The van der Waals surface area contributed by atoms with Crippen LogP contribution < -0.4 is 11.1 Å². The molecule has 1 aromatic rings. The molecule has 1 fully saturated rings. The van der Waals surface area contributed by atoms with E-state index in [1.165, 1.54) is 22.9 Å². The van der Waals surface area contributed by atoms with Crippen molar-refractivity contribution in [2.45, 2.75) is 64.7 Å². The summed E-state index contributed by atoms with van der Waals surface area (Å²) >= 11 is 1.31. The van der Waals surface area contributed by atoms with E-state index in [2.05, 4.69) is 43.4 Å². The molecule has 2 amide bonds. The molecule has 1 heterocycles. The Labute approximate surface area is 149 Å². The fraction of sp³-hybridized carbons (Fsp3) is 0.556. The molecule has 0 bridgehead atoms. The second kappa shape index (κ2) is 10.2. The number of carbonyl (C=O) groups is 2. The number of nitrogens with two attached hydrogens (primary N) is 1. The van der Waals surface area contributed by atoms with Gasteiger partial charge < -0.3 is 15.8 Å². The molecule has 1 aromatic carbocycles. The van der Waals surface area contributed by atoms with Gasteiger partial charge in [0.05, 0.1) is 5.37 Å². The lowest BCUT2D eigenvalue weighted by atomic mass is 10.2. The number of hydrogen-bond acceptors (Lipinski definition) is 4. The second-order valence-electron chi connectivity index (χ2n) is 6.18. The smallest absolute Gasteiger partial charge is 0.408 e. The summed E-state index contributed by atoms with van der Waals surface area (Å²) in [5.74, 6) is -0.406. The molecule has 1 aliphatic rings. The van der Waals surface area contributed by atoms with Gasteiger partial charge in [-0.3, -0.25) is 4.79 Å². The molecule has 1 aliphatic heterocycles. The highest BCUT2D eigenvalue weighted by Crippen LogP contribution is 2.38. The van der Waals surface area contributed by atoms with E-state index in [1.54, 1.807) is 20.8 Å². The number of primary amides is 1. The molecule has 3 N–H and O–H groups in total. The van der Waals surface area contributed by atoms with Crippen molar-refractivity contribution in [3.05, 3.63) is 35.4 Å². The van der Waals surface area contributed by atoms with Crippen LogP contribution in [-0.2, 0) is 9.53 Å². The van der Waals surface area contributed by atoms with Crippen molar-refractivity contribution in [2.75, 3.05) is 0 Å². The zero-order chi connectivity index (χ0) is 18.9. The van der Waals surface area contributed by atoms with Gasteiger partial charge in [0, 0.05) is 0 Å². The molecular formula is C18H30N2O3S. The topological polar surface area (TPSA) is 81.4 Å². The number of alkyl carbamates (subject to hydrolysis) is 1. The molecule has 24 heavy (non-hydrogen) atoms. The number of ether oxygens (including phenoxy) is 1. The summed E-state index contributed by atoms with van der Waals surface area (Å²) in [5, 5.41) is 2.02. The third-order valence-corrected chi connectivity index (χ3v) is 3.82. The minimum Gasteiger partial charge on any atom is -0.444 e. The Morgan fingerprint density at radius 1 is 1.08 bits per heavy atom. The Morgan fingerprint density at radius 2 is 1.50 bits per heavy atom. The SMILES string of the molecule is CC.CC(C)(C)OC(=O)NC1SC1C(N)=O.Cc1ccc(C)cc1. The summed E-state index contributed by atoms with van der Waals surface area (Å²) in [6, 6.07) is 8.48. The van der Waals surface area contributed by atoms with Crippen molar-refractivity contribution in [3.8, 4) is 0 Å². The third-order valence-electron chi connectivity index (χ3n) is 2.65. The first kappa shape index (κ1) is 22.3.